The maximum Gasteiger partial charge on any atom is 0.240 e. The van der Waals surface area contributed by atoms with E-state index in [-0.39, 0.29) is 5.91 Å². The summed E-state index contributed by atoms with van der Waals surface area (Å²) in [5.74, 6) is 0.228. The fourth-order valence-electron chi connectivity index (χ4n) is 3.41. The Hall–Kier alpha value is -1.35. The zero-order valence-corrected chi connectivity index (χ0v) is 12.1. The lowest BCUT2D eigenvalue weighted by Crippen LogP contribution is -2.41. The third-order valence-corrected chi connectivity index (χ3v) is 4.56. The Balaban J connectivity index is 1.67. The van der Waals surface area contributed by atoms with Crippen LogP contribution in [0.1, 0.15) is 44.1 Å². The van der Waals surface area contributed by atoms with E-state index < -0.39 is 0 Å². The van der Waals surface area contributed by atoms with E-state index >= 15 is 0 Å². The lowest BCUT2D eigenvalue weighted by molar-refractivity contribution is -0.117. The number of anilines is 1. The average Bonchev–Trinajstić information content (AvgIpc) is 2.90. The highest BCUT2D eigenvalue weighted by molar-refractivity contribution is 5.95. The van der Waals surface area contributed by atoms with Gasteiger partial charge in [-0.15, -0.1) is 0 Å². The third-order valence-electron chi connectivity index (χ3n) is 4.56. The smallest absolute Gasteiger partial charge is 0.240 e. The largest absolute Gasteiger partial charge is 0.311 e. The summed E-state index contributed by atoms with van der Waals surface area (Å²) in [4.78, 5) is 14.5. The maximum atomic E-state index is 12.5. The number of aryl methyl sites for hydroxylation is 1. The van der Waals surface area contributed by atoms with Crippen molar-refractivity contribution in [1.29, 1.82) is 0 Å². The minimum Gasteiger partial charge on any atom is -0.311 e. The molecule has 0 saturated heterocycles. The second-order valence-electron chi connectivity index (χ2n) is 5.99. The molecule has 3 nitrogen and oxygen atoms in total. The molecule has 0 unspecified atom stereocenters. The molecular formula is C17H24N2O. The van der Waals surface area contributed by atoms with Gasteiger partial charge in [0.15, 0.2) is 0 Å². The van der Waals surface area contributed by atoms with Gasteiger partial charge >= 0.3 is 0 Å². The first kappa shape index (κ1) is 13.6. The summed E-state index contributed by atoms with van der Waals surface area (Å²) in [6.45, 7) is 1.35. The molecule has 3 rings (SSSR count). The zero-order chi connectivity index (χ0) is 13.8. The number of hydrogen-bond donors (Lipinski definition) is 1. The molecule has 20 heavy (non-hydrogen) atoms. The topological polar surface area (TPSA) is 32.3 Å². The lowest BCUT2D eigenvalue weighted by Gasteiger charge is -2.24. The minimum absolute atomic E-state index is 0.228. The Kier molecular flexibility index (Phi) is 4.36. The van der Waals surface area contributed by atoms with Gasteiger partial charge in [0.2, 0.25) is 5.91 Å². The van der Waals surface area contributed by atoms with Crippen molar-refractivity contribution >= 4 is 11.6 Å². The van der Waals surface area contributed by atoms with Crippen molar-refractivity contribution in [1.82, 2.24) is 5.32 Å². The quantitative estimate of drug-likeness (QED) is 0.917. The van der Waals surface area contributed by atoms with E-state index in [1.165, 1.54) is 37.7 Å². The summed E-state index contributed by atoms with van der Waals surface area (Å²) in [5, 5.41) is 3.44. The highest BCUT2D eigenvalue weighted by atomic mass is 16.2. The van der Waals surface area contributed by atoms with Crippen molar-refractivity contribution < 1.29 is 4.79 Å². The summed E-state index contributed by atoms with van der Waals surface area (Å²) in [6, 6.07) is 8.92. The normalized spacial score (nSPS) is 19.7. The standard InChI is InChI=1S/C17H24N2O/c20-17(13-18-15-9-2-3-10-15)19-12-6-5-8-14-7-1-4-11-16(14)19/h1,4,7,11,15,18H,2-3,5-6,8-10,12-13H2. The molecule has 0 radical (unpaired) electrons. The van der Waals surface area contributed by atoms with Crippen LogP contribution in [-0.2, 0) is 11.2 Å². The van der Waals surface area contributed by atoms with Crippen molar-refractivity contribution in [3.05, 3.63) is 29.8 Å². The van der Waals surface area contributed by atoms with E-state index in [1.807, 2.05) is 11.0 Å². The van der Waals surface area contributed by atoms with Gasteiger partial charge in [-0.05, 0) is 43.7 Å². The first-order valence-electron chi connectivity index (χ1n) is 7.96. The van der Waals surface area contributed by atoms with Gasteiger partial charge < -0.3 is 10.2 Å². The van der Waals surface area contributed by atoms with Crippen LogP contribution in [0.2, 0.25) is 0 Å². The summed E-state index contributed by atoms with van der Waals surface area (Å²) in [6.07, 6.45) is 8.43. The second-order valence-corrected chi connectivity index (χ2v) is 5.99. The molecule has 1 aliphatic carbocycles. The Morgan fingerprint density at radius 3 is 2.80 bits per heavy atom. The van der Waals surface area contributed by atoms with Crippen LogP contribution < -0.4 is 10.2 Å². The summed E-state index contributed by atoms with van der Waals surface area (Å²) >= 11 is 0. The Morgan fingerprint density at radius 1 is 1.15 bits per heavy atom. The number of hydrogen-bond acceptors (Lipinski definition) is 2. The molecule has 1 heterocycles. The zero-order valence-electron chi connectivity index (χ0n) is 12.1. The van der Waals surface area contributed by atoms with Crippen LogP contribution in [-0.4, -0.2) is 25.0 Å². The summed E-state index contributed by atoms with van der Waals surface area (Å²) < 4.78 is 0. The van der Waals surface area contributed by atoms with E-state index in [2.05, 4.69) is 23.5 Å². The Labute approximate surface area is 121 Å². The average molecular weight is 272 g/mol. The van der Waals surface area contributed by atoms with Crippen LogP contribution in [0.25, 0.3) is 0 Å². The SMILES string of the molecule is O=C(CNC1CCCC1)N1CCCCc2ccccc21. The lowest BCUT2D eigenvalue weighted by atomic mass is 10.1. The summed E-state index contributed by atoms with van der Waals surface area (Å²) in [5.41, 5.74) is 2.45. The Morgan fingerprint density at radius 2 is 1.95 bits per heavy atom. The number of fused-ring (bicyclic) bond motifs is 1. The van der Waals surface area contributed by atoms with Crippen molar-refractivity contribution in [2.45, 2.75) is 51.0 Å². The van der Waals surface area contributed by atoms with E-state index in [9.17, 15) is 4.79 Å². The minimum atomic E-state index is 0.228. The number of carbonyl (C=O) groups is 1. The third kappa shape index (κ3) is 3.04. The van der Waals surface area contributed by atoms with Crippen LogP contribution in [0.5, 0.6) is 0 Å². The van der Waals surface area contributed by atoms with Crippen LogP contribution in [0.3, 0.4) is 0 Å². The van der Waals surface area contributed by atoms with Gasteiger partial charge in [-0.25, -0.2) is 0 Å². The van der Waals surface area contributed by atoms with Crippen molar-refractivity contribution in [3.8, 4) is 0 Å². The van der Waals surface area contributed by atoms with E-state index in [0.717, 1.165) is 25.1 Å². The van der Waals surface area contributed by atoms with E-state index in [0.29, 0.717) is 12.6 Å². The fourth-order valence-corrected chi connectivity index (χ4v) is 3.41. The van der Waals surface area contributed by atoms with Gasteiger partial charge in [0, 0.05) is 18.3 Å². The van der Waals surface area contributed by atoms with Gasteiger partial charge in [-0.2, -0.15) is 0 Å². The molecule has 1 saturated carbocycles. The molecule has 1 N–H and O–H groups in total. The molecule has 1 fully saturated rings. The number of carbonyl (C=O) groups excluding carboxylic acids is 1. The van der Waals surface area contributed by atoms with E-state index in [1.54, 1.807) is 0 Å². The number of nitrogens with one attached hydrogen (secondary N) is 1. The molecule has 0 aromatic heterocycles. The summed E-state index contributed by atoms with van der Waals surface area (Å²) in [7, 11) is 0. The van der Waals surface area contributed by atoms with Gasteiger partial charge in [0.1, 0.15) is 0 Å². The number of rotatable bonds is 3. The van der Waals surface area contributed by atoms with Crippen LogP contribution >= 0.6 is 0 Å². The molecule has 3 heteroatoms. The Bertz CT molecular complexity index is 466. The molecular weight excluding hydrogens is 248 g/mol. The number of benzene rings is 1. The molecule has 1 aromatic carbocycles. The highest BCUT2D eigenvalue weighted by Gasteiger charge is 2.22. The number of nitrogens with zero attached hydrogens (tertiary/aromatic N) is 1. The van der Waals surface area contributed by atoms with Crippen LogP contribution in [0.4, 0.5) is 5.69 Å². The van der Waals surface area contributed by atoms with Gasteiger partial charge in [-0.3, -0.25) is 4.79 Å². The molecule has 0 spiro atoms. The van der Waals surface area contributed by atoms with Crippen molar-refractivity contribution in [2.24, 2.45) is 0 Å². The van der Waals surface area contributed by atoms with Gasteiger partial charge in [0.05, 0.1) is 6.54 Å². The molecule has 1 aliphatic heterocycles. The molecule has 0 atom stereocenters. The number of amides is 1. The van der Waals surface area contributed by atoms with Gasteiger partial charge in [0.25, 0.3) is 0 Å². The van der Waals surface area contributed by atoms with Crippen molar-refractivity contribution in [2.75, 3.05) is 18.0 Å². The molecule has 108 valence electrons. The first-order valence-corrected chi connectivity index (χ1v) is 7.96. The van der Waals surface area contributed by atoms with Crippen LogP contribution in [0, 0.1) is 0 Å². The van der Waals surface area contributed by atoms with Crippen LogP contribution in [0.15, 0.2) is 24.3 Å². The fraction of sp³-hybridized carbons (Fsp3) is 0.588. The second kappa shape index (κ2) is 6.40. The first-order chi connectivity index (χ1) is 9.84. The van der Waals surface area contributed by atoms with E-state index in [4.69, 9.17) is 0 Å². The molecule has 1 amide bonds. The monoisotopic (exact) mass is 272 g/mol. The van der Waals surface area contributed by atoms with Gasteiger partial charge in [-0.1, -0.05) is 31.0 Å². The molecule has 2 aliphatic rings. The van der Waals surface area contributed by atoms with Crippen molar-refractivity contribution in [3.63, 3.8) is 0 Å². The maximum absolute atomic E-state index is 12.5. The molecule has 0 bridgehead atoms. The number of para-hydroxylation sites is 1. The molecule has 1 aromatic rings. The highest BCUT2D eigenvalue weighted by Crippen LogP contribution is 2.26. The predicted octanol–water partition coefficient (Wildman–Crippen LogP) is 2.89. The predicted molar refractivity (Wildman–Crippen MR) is 82.0 cm³/mol.